The van der Waals surface area contributed by atoms with Crippen LogP contribution in [0.4, 0.5) is 0 Å². The van der Waals surface area contributed by atoms with E-state index in [0.717, 1.165) is 25.7 Å². The van der Waals surface area contributed by atoms with Crippen LogP contribution >= 0.6 is 7.82 Å². The van der Waals surface area contributed by atoms with Gasteiger partial charge in [0.15, 0.2) is 0 Å². The van der Waals surface area contributed by atoms with Crippen LogP contribution in [0, 0.1) is 0 Å². The third-order valence-electron chi connectivity index (χ3n) is 8.32. The molecule has 0 aromatic carbocycles. The Morgan fingerprint density at radius 1 is 0.467 bits per heavy atom. The van der Waals surface area contributed by atoms with Crippen molar-refractivity contribution in [1.29, 1.82) is 0 Å². The van der Waals surface area contributed by atoms with E-state index in [1.807, 2.05) is 79.0 Å². The Morgan fingerprint density at radius 2 is 0.800 bits per heavy atom. The number of carbonyl (C=O) groups is 2. The summed E-state index contributed by atoms with van der Waals surface area (Å²) in [6.07, 6.45) is 55.0. The Hall–Kier alpha value is -3.67. The maximum atomic E-state index is 12.1. The number of hydrogen-bond donors (Lipinski definition) is 4. The smallest absolute Gasteiger partial charge is 0.463 e. The molecule has 12 heteroatoms. The van der Waals surface area contributed by atoms with Crippen molar-refractivity contribution >= 4 is 19.8 Å². The van der Waals surface area contributed by atoms with Crippen molar-refractivity contribution < 1.29 is 47.8 Å². The number of ether oxygens (including phenoxy) is 2. The van der Waals surface area contributed by atoms with Crippen LogP contribution in [0.5, 0.6) is 0 Å². The molecule has 0 aliphatic rings. The van der Waals surface area contributed by atoms with E-state index in [0.29, 0.717) is 6.42 Å². The molecule has 0 amide bonds. The van der Waals surface area contributed by atoms with Gasteiger partial charge in [-0.2, -0.15) is 0 Å². The van der Waals surface area contributed by atoms with Crippen molar-refractivity contribution in [2.24, 2.45) is 0 Å². The molecule has 0 aliphatic heterocycles. The normalized spacial score (nSPS) is 14.8. The fourth-order valence-corrected chi connectivity index (χ4v) is 5.78. The second kappa shape index (κ2) is 44.9. The first-order valence-electron chi connectivity index (χ1n) is 21.6. The van der Waals surface area contributed by atoms with E-state index in [1.165, 1.54) is 70.6 Å². The maximum Gasteiger partial charge on any atom is 0.472 e. The van der Waals surface area contributed by atoms with Gasteiger partial charge in [0.1, 0.15) is 25.4 Å². The monoisotopic (exact) mass is 860 g/mol. The lowest BCUT2D eigenvalue weighted by molar-refractivity contribution is -0.147. The second-order valence-electron chi connectivity index (χ2n) is 14.0. The molecule has 60 heavy (non-hydrogen) atoms. The molecule has 340 valence electrons. The minimum absolute atomic E-state index is 0. The van der Waals surface area contributed by atoms with Crippen LogP contribution in [0.3, 0.4) is 0 Å². The van der Waals surface area contributed by atoms with E-state index >= 15 is 0 Å². The summed E-state index contributed by atoms with van der Waals surface area (Å²) >= 11 is 0. The van der Waals surface area contributed by atoms with Crippen LogP contribution in [-0.2, 0) is 32.7 Å². The number of phosphoric acid groups is 1. The molecule has 0 fully saturated rings. The zero-order valence-corrected chi connectivity index (χ0v) is 37.5. The Balaban J connectivity index is 0. The SMILES string of the molecule is CCCCCCC/C=C/C=C/C=C/C=C/CCCCC(=O)OC[C@@H](O)COP(=O)(O)OC[C@H](O)COC(=O)C/C=C/C=C/C=C/C=C/C=C/C=C/CCCCCCCC.N. The molecule has 0 saturated carbocycles. The highest BCUT2D eigenvalue weighted by molar-refractivity contribution is 7.47. The van der Waals surface area contributed by atoms with E-state index in [-0.39, 0.29) is 19.0 Å². The average Bonchev–Trinajstić information content (AvgIpc) is 3.22. The summed E-state index contributed by atoms with van der Waals surface area (Å²) in [5, 5.41) is 20.0. The standard InChI is InChI=1S/C48H75O10P.H3N/c1-3-5-7-9-11-13-15-17-19-21-22-24-26-28-30-32-34-36-38-40-48(52)56-42-46(50)44-58-59(53,54)57-43-45(49)41-55-47(51)39-37-35-33-31-29-27-25-23-20-18-16-14-12-10-8-6-4-2;/h16-32,34,36,38,45-46,49-50H,3-15,33,35,37,39-44H2,1-2H3,(H,53,54);1H3/b18-16+,19-17+,22-21+,23-20+,26-24+,27-25+,30-28+,31-29+,34-32+,38-36+;/t45-,46-;/m1./s1. The zero-order valence-electron chi connectivity index (χ0n) is 36.6. The molecule has 1 unspecified atom stereocenters. The molecule has 0 aromatic rings. The molecule has 0 spiro atoms. The quantitative estimate of drug-likeness (QED) is 0.0200. The molecule has 0 aliphatic carbocycles. The van der Waals surface area contributed by atoms with Crippen LogP contribution < -0.4 is 6.15 Å². The van der Waals surface area contributed by atoms with Gasteiger partial charge in [-0.1, -0.05) is 193 Å². The number of allylic oxidation sites excluding steroid dienone is 19. The van der Waals surface area contributed by atoms with Crippen LogP contribution in [-0.4, -0.2) is 65.7 Å². The van der Waals surface area contributed by atoms with Crippen LogP contribution in [0.1, 0.15) is 129 Å². The first-order valence-corrected chi connectivity index (χ1v) is 23.1. The van der Waals surface area contributed by atoms with Crippen LogP contribution in [0.15, 0.2) is 122 Å². The van der Waals surface area contributed by atoms with Gasteiger partial charge in [0.05, 0.1) is 19.6 Å². The van der Waals surface area contributed by atoms with Crippen molar-refractivity contribution in [2.45, 2.75) is 142 Å². The molecule has 6 N–H and O–H groups in total. The van der Waals surface area contributed by atoms with Crippen molar-refractivity contribution in [2.75, 3.05) is 26.4 Å². The number of carbonyl (C=O) groups excluding carboxylic acids is 2. The van der Waals surface area contributed by atoms with Crippen LogP contribution in [0.2, 0.25) is 0 Å². The summed E-state index contributed by atoms with van der Waals surface area (Å²) in [5.41, 5.74) is 0. The predicted molar refractivity (Wildman–Crippen MR) is 247 cm³/mol. The first-order chi connectivity index (χ1) is 28.7. The fraction of sp³-hybridized carbons (Fsp3) is 0.542. The van der Waals surface area contributed by atoms with E-state index < -0.39 is 58.4 Å². The van der Waals surface area contributed by atoms with Gasteiger partial charge >= 0.3 is 19.8 Å². The van der Waals surface area contributed by atoms with Crippen molar-refractivity contribution in [3.05, 3.63) is 122 Å². The fourth-order valence-electron chi connectivity index (χ4n) is 4.98. The van der Waals surface area contributed by atoms with Crippen LogP contribution in [0.25, 0.3) is 0 Å². The van der Waals surface area contributed by atoms with Crippen molar-refractivity contribution in [1.82, 2.24) is 6.15 Å². The molecular weight excluding hydrogens is 781 g/mol. The second-order valence-corrected chi connectivity index (χ2v) is 15.4. The van der Waals surface area contributed by atoms with E-state index in [9.17, 15) is 29.3 Å². The van der Waals surface area contributed by atoms with Gasteiger partial charge in [0, 0.05) is 6.42 Å². The summed E-state index contributed by atoms with van der Waals surface area (Å²) in [6, 6.07) is 0. The first kappa shape index (κ1) is 58.4. The molecule has 0 radical (unpaired) electrons. The van der Waals surface area contributed by atoms with Gasteiger partial charge in [0.2, 0.25) is 0 Å². The van der Waals surface area contributed by atoms with Crippen molar-refractivity contribution in [3.8, 4) is 0 Å². The van der Waals surface area contributed by atoms with E-state index in [4.69, 9.17) is 18.5 Å². The largest absolute Gasteiger partial charge is 0.472 e. The Bertz CT molecular complexity index is 1390. The number of aliphatic hydroxyl groups excluding tert-OH is 2. The summed E-state index contributed by atoms with van der Waals surface area (Å²) < 4.78 is 31.5. The summed E-state index contributed by atoms with van der Waals surface area (Å²) in [7, 11) is -4.65. The van der Waals surface area contributed by atoms with Crippen molar-refractivity contribution in [3.63, 3.8) is 0 Å². The number of hydrogen-bond acceptors (Lipinski definition) is 10. The van der Waals surface area contributed by atoms with Gasteiger partial charge in [-0.05, 0) is 44.9 Å². The molecule has 0 heterocycles. The Kier molecular flexibility index (Phi) is 43.7. The minimum Gasteiger partial charge on any atom is -0.463 e. The van der Waals surface area contributed by atoms with Gasteiger partial charge in [-0.15, -0.1) is 0 Å². The molecule has 0 saturated heterocycles. The molecule has 3 atom stereocenters. The lowest BCUT2D eigenvalue weighted by Crippen LogP contribution is -2.25. The highest BCUT2D eigenvalue weighted by atomic mass is 31.2. The molecule has 0 aromatic heterocycles. The van der Waals surface area contributed by atoms with Gasteiger partial charge in [-0.3, -0.25) is 18.6 Å². The highest BCUT2D eigenvalue weighted by Crippen LogP contribution is 2.43. The molecular formula is C48H78NO10P. The summed E-state index contributed by atoms with van der Waals surface area (Å²) in [5.74, 6) is -1.10. The minimum atomic E-state index is -4.65. The Morgan fingerprint density at radius 3 is 1.22 bits per heavy atom. The summed E-state index contributed by atoms with van der Waals surface area (Å²) in [4.78, 5) is 33.7. The number of unbranched alkanes of at least 4 members (excludes halogenated alkanes) is 13. The number of rotatable bonds is 38. The Labute approximate surface area is 362 Å². The van der Waals surface area contributed by atoms with E-state index in [1.54, 1.807) is 18.2 Å². The number of aliphatic hydroxyl groups is 2. The topological polar surface area (TPSA) is 184 Å². The average molecular weight is 860 g/mol. The van der Waals surface area contributed by atoms with E-state index in [2.05, 4.69) is 38.2 Å². The third kappa shape index (κ3) is 45.4. The van der Waals surface area contributed by atoms with Gasteiger partial charge in [0.25, 0.3) is 0 Å². The highest BCUT2D eigenvalue weighted by Gasteiger charge is 2.25. The number of esters is 2. The lowest BCUT2D eigenvalue weighted by atomic mass is 10.1. The number of phosphoric ester groups is 1. The van der Waals surface area contributed by atoms with Gasteiger partial charge in [-0.25, -0.2) is 4.57 Å². The predicted octanol–water partition coefficient (Wildman–Crippen LogP) is 11.7. The molecule has 0 bridgehead atoms. The molecule has 0 rings (SSSR count). The molecule has 11 nitrogen and oxygen atoms in total. The third-order valence-corrected chi connectivity index (χ3v) is 9.27. The summed E-state index contributed by atoms with van der Waals surface area (Å²) in [6.45, 7) is 2.28. The maximum absolute atomic E-state index is 12.1. The van der Waals surface area contributed by atoms with Gasteiger partial charge < -0.3 is 30.7 Å². The lowest BCUT2D eigenvalue weighted by Gasteiger charge is -2.17. The zero-order chi connectivity index (χ0) is 43.3.